The van der Waals surface area contributed by atoms with Gasteiger partial charge in [-0.1, -0.05) is 31.0 Å². The number of aromatic amines is 1. The topological polar surface area (TPSA) is 83.2 Å². The molecule has 0 radical (unpaired) electrons. The normalized spacial score (nSPS) is 20.6. The Balaban J connectivity index is 1.54. The molecule has 8 heteroatoms. The van der Waals surface area contributed by atoms with Gasteiger partial charge in [0.05, 0.1) is 11.8 Å². The van der Waals surface area contributed by atoms with Crippen LogP contribution in [-0.4, -0.2) is 42.4 Å². The zero-order chi connectivity index (χ0) is 17.2. The summed E-state index contributed by atoms with van der Waals surface area (Å²) in [6.07, 6.45) is 7.90. The van der Waals surface area contributed by atoms with Crippen molar-refractivity contribution in [3.8, 4) is 5.95 Å². The van der Waals surface area contributed by atoms with Gasteiger partial charge in [-0.05, 0) is 32.8 Å². The van der Waals surface area contributed by atoms with Crippen molar-refractivity contribution in [2.24, 2.45) is 10.1 Å². The van der Waals surface area contributed by atoms with Crippen molar-refractivity contribution in [2.75, 3.05) is 5.75 Å². The Labute approximate surface area is 151 Å². The Bertz CT molecular complexity index is 797. The molecule has 0 amide bonds. The zero-order valence-corrected chi connectivity index (χ0v) is 15.4. The number of aryl methyl sites for hydroxylation is 1. The number of aromatic nitrogens is 4. The van der Waals surface area contributed by atoms with E-state index in [1.54, 1.807) is 11.8 Å². The predicted molar refractivity (Wildman–Crippen MR) is 102 cm³/mol. The molecule has 1 saturated carbocycles. The number of nitrogens with zero attached hydrogens (tertiary/aromatic N) is 5. The summed E-state index contributed by atoms with van der Waals surface area (Å²) in [5, 5.41) is 12.4. The van der Waals surface area contributed by atoms with E-state index in [9.17, 15) is 0 Å². The molecule has 0 bridgehead atoms. The minimum atomic E-state index is 0.469. The number of hydrogen-bond donors (Lipinski definition) is 2. The molecular formula is C17H23N7S. The molecule has 3 heterocycles. The predicted octanol–water partition coefficient (Wildman–Crippen LogP) is 2.94. The molecule has 0 unspecified atom stereocenters. The molecular weight excluding hydrogens is 334 g/mol. The van der Waals surface area contributed by atoms with Crippen LogP contribution < -0.4 is 5.43 Å². The van der Waals surface area contributed by atoms with E-state index in [-0.39, 0.29) is 0 Å². The van der Waals surface area contributed by atoms with Gasteiger partial charge in [0.1, 0.15) is 6.33 Å². The second-order valence-corrected chi connectivity index (χ2v) is 7.58. The highest BCUT2D eigenvalue weighted by Crippen LogP contribution is 2.24. The minimum absolute atomic E-state index is 0.469. The van der Waals surface area contributed by atoms with Gasteiger partial charge < -0.3 is 0 Å². The maximum atomic E-state index is 4.84. The summed E-state index contributed by atoms with van der Waals surface area (Å²) in [4.78, 5) is 9.10. The molecule has 1 aliphatic heterocycles. The van der Waals surface area contributed by atoms with Crippen LogP contribution in [0.1, 0.15) is 49.1 Å². The Morgan fingerprint density at radius 3 is 2.76 bits per heavy atom. The quantitative estimate of drug-likeness (QED) is 0.885. The second-order valence-electron chi connectivity index (χ2n) is 6.61. The van der Waals surface area contributed by atoms with Crippen LogP contribution in [0.15, 0.2) is 22.5 Å². The van der Waals surface area contributed by atoms with E-state index < -0.39 is 0 Å². The van der Waals surface area contributed by atoms with E-state index in [4.69, 9.17) is 4.99 Å². The average Bonchev–Trinajstić information content (AvgIpc) is 3.24. The molecule has 2 N–H and O–H groups in total. The fraction of sp³-hybridized carbons (Fsp3) is 0.529. The largest absolute Gasteiger partial charge is 0.287 e. The molecule has 2 aromatic rings. The summed E-state index contributed by atoms with van der Waals surface area (Å²) < 4.78 is 2.07. The zero-order valence-electron chi connectivity index (χ0n) is 14.6. The first kappa shape index (κ1) is 16.4. The molecule has 0 aromatic carbocycles. The number of thioether (sulfide) groups is 1. The summed E-state index contributed by atoms with van der Waals surface area (Å²) in [5.41, 5.74) is 7.58. The van der Waals surface area contributed by atoms with Gasteiger partial charge in [-0.3, -0.25) is 15.0 Å². The third-order valence-electron chi connectivity index (χ3n) is 4.86. The molecule has 132 valence electrons. The van der Waals surface area contributed by atoms with Crippen LogP contribution in [0.3, 0.4) is 0 Å². The lowest BCUT2D eigenvalue weighted by Crippen LogP contribution is -2.27. The lowest BCUT2D eigenvalue weighted by molar-refractivity contribution is 0.443. The molecule has 2 aromatic heterocycles. The van der Waals surface area contributed by atoms with E-state index in [1.807, 2.05) is 0 Å². The number of aliphatic imine (C=N–C) groups is 1. The molecule has 25 heavy (non-hydrogen) atoms. The van der Waals surface area contributed by atoms with Gasteiger partial charge in [0.2, 0.25) is 5.95 Å². The van der Waals surface area contributed by atoms with E-state index in [0.717, 1.165) is 39.5 Å². The van der Waals surface area contributed by atoms with Gasteiger partial charge in [-0.15, -0.1) is 0 Å². The van der Waals surface area contributed by atoms with Gasteiger partial charge in [0.25, 0.3) is 0 Å². The summed E-state index contributed by atoms with van der Waals surface area (Å²) >= 11 is 1.74. The van der Waals surface area contributed by atoms with E-state index >= 15 is 0 Å². The van der Waals surface area contributed by atoms with Crippen LogP contribution in [0.25, 0.3) is 5.95 Å². The minimum Gasteiger partial charge on any atom is -0.287 e. The number of H-pyrrole nitrogens is 1. The number of hydrogen-bond acceptors (Lipinski definition) is 5. The SMILES string of the molecule is Cc1cc(C2=NNC(=NC3CCCCC3)SC2)c(C)n1-c1ncn[nH]1. The maximum absolute atomic E-state index is 4.84. The highest BCUT2D eigenvalue weighted by molar-refractivity contribution is 8.14. The number of amidine groups is 1. The van der Waals surface area contributed by atoms with Gasteiger partial charge >= 0.3 is 0 Å². The third-order valence-corrected chi connectivity index (χ3v) is 5.75. The Morgan fingerprint density at radius 1 is 1.24 bits per heavy atom. The fourth-order valence-electron chi connectivity index (χ4n) is 3.58. The van der Waals surface area contributed by atoms with Crippen molar-refractivity contribution in [1.29, 1.82) is 0 Å². The molecule has 1 aliphatic carbocycles. The summed E-state index contributed by atoms with van der Waals surface area (Å²) in [6, 6.07) is 2.62. The van der Waals surface area contributed by atoms with Gasteiger partial charge in [0.15, 0.2) is 5.17 Å². The Kier molecular flexibility index (Phi) is 4.61. The van der Waals surface area contributed by atoms with Crippen LogP contribution >= 0.6 is 11.8 Å². The summed E-state index contributed by atoms with van der Waals surface area (Å²) in [5.74, 6) is 1.57. The van der Waals surface area contributed by atoms with Crippen LogP contribution in [-0.2, 0) is 0 Å². The van der Waals surface area contributed by atoms with Crippen molar-refractivity contribution in [3.05, 3.63) is 29.3 Å². The molecule has 0 spiro atoms. The number of rotatable bonds is 3. The second kappa shape index (κ2) is 7.03. The fourth-order valence-corrected chi connectivity index (χ4v) is 4.41. The molecule has 1 fully saturated rings. The van der Waals surface area contributed by atoms with Crippen molar-refractivity contribution in [1.82, 2.24) is 25.2 Å². The monoisotopic (exact) mass is 357 g/mol. The smallest absolute Gasteiger partial charge is 0.229 e. The highest BCUT2D eigenvalue weighted by Gasteiger charge is 2.21. The van der Waals surface area contributed by atoms with E-state index in [1.165, 1.54) is 38.4 Å². The number of nitrogens with one attached hydrogen (secondary N) is 2. The maximum Gasteiger partial charge on any atom is 0.229 e. The van der Waals surface area contributed by atoms with Gasteiger partial charge in [0, 0.05) is 22.7 Å². The summed E-state index contributed by atoms with van der Waals surface area (Å²) in [6.45, 7) is 4.16. The molecule has 0 atom stereocenters. The van der Waals surface area contributed by atoms with Crippen LogP contribution in [0.4, 0.5) is 0 Å². The highest BCUT2D eigenvalue weighted by atomic mass is 32.2. The van der Waals surface area contributed by atoms with E-state index in [2.05, 4.69) is 50.2 Å². The van der Waals surface area contributed by atoms with Gasteiger partial charge in [-0.25, -0.2) is 5.10 Å². The molecule has 2 aliphatic rings. The first-order valence-electron chi connectivity index (χ1n) is 8.80. The lowest BCUT2D eigenvalue weighted by Gasteiger charge is -2.21. The number of hydrazone groups is 1. The average molecular weight is 357 g/mol. The molecule has 0 saturated heterocycles. The Morgan fingerprint density at radius 2 is 2.08 bits per heavy atom. The van der Waals surface area contributed by atoms with Crippen LogP contribution in [0.2, 0.25) is 0 Å². The first-order chi connectivity index (χ1) is 12.2. The molecule has 4 rings (SSSR count). The van der Waals surface area contributed by atoms with Crippen molar-refractivity contribution in [2.45, 2.75) is 52.0 Å². The van der Waals surface area contributed by atoms with E-state index in [0.29, 0.717) is 6.04 Å². The van der Waals surface area contributed by atoms with Crippen LogP contribution in [0, 0.1) is 13.8 Å². The standard InChI is InChI=1S/C17H23N7S/c1-11-8-14(12(2)24(11)16-18-10-19-22-16)15-9-25-17(23-21-15)20-13-6-4-3-5-7-13/h8,10,13H,3-7,9H2,1-2H3,(H,20,23)(H,18,19,22). The lowest BCUT2D eigenvalue weighted by atomic mass is 9.96. The van der Waals surface area contributed by atoms with Crippen molar-refractivity contribution < 1.29 is 0 Å². The first-order valence-corrected chi connectivity index (χ1v) is 9.79. The summed E-state index contributed by atoms with van der Waals surface area (Å²) in [7, 11) is 0. The van der Waals surface area contributed by atoms with Crippen molar-refractivity contribution >= 4 is 22.6 Å². The molecule has 7 nitrogen and oxygen atoms in total. The van der Waals surface area contributed by atoms with Crippen molar-refractivity contribution in [3.63, 3.8) is 0 Å². The third kappa shape index (κ3) is 3.35. The Hall–Kier alpha value is -2.09. The van der Waals surface area contributed by atoms with Crippen LogP contribution in [0.5, 0.6) is 0 Å². The van der Waals surface area contributed by atoms with Gasteiger partial charge in [-0.2, -0.15) is 15.2 Å².